The molecule has 1 fully saturated rings. The van der Waals surface area contributed by atoms with Gasteiger partial charge in [0.2, 0.25) is 0 Å². The Hall–Kier alpha value is -1.18. The predicted molar refractivity (Wildman–Crippen MR) is 83.0 cm³/mol. The van der Waals surface area contributed by atoms with Gasteiger partial charge in [-0.05, 0) is 61.8 Å². The Morgan fingerprint density at radius 3 is 2.84 bits per heavy atom. The summed E-state index contributed by atoms with van der Waals surface area (Å²) >= 11 is 0. The number of benzene rings is 1. The highest BCUT2D eigenvalue weighted by molar-refractivity contribution is 5.62. The van der Waals surface area contributed by atoms with E-state index in [-0.39, 0.29) is 0 Å². The maximum absolute atomic E-state index is 3.59. The highest BCUT2D eigenvalue weighted by Crippen LogP contribution is 2.32. The minimum atomic E-state index is 0.621. The standard InChI is InChI=1S/C17H26N2/c1-12(2)15-8-9-19(11-15)16-6-7-17-14(10-16)5-4-13(3)18-17/h6-7,10,12-13,15,18H,4-5,8-9,11H2,1-3H3. The van der Waals surface area contributed by atoms with E-state index in [9.17, 15) is 0 Å². The first kappa shape index (κ1) is 12.8. The summed E-state index contributed by atoms with van der Waals surface area (Å²) in [6.07, 6.45) is 3.83. The molecule has 3 rings (SSSR count). The Morgan fingerprint density at radius 1 is 1.26 bits per heavy atom. The molecule has 0 bridgehead atoms. The lowest BCUT2D eigenvalue weighted by molar-refractivity contribution is 0.423. The van der Waals surface area contributed by atoms with Crippen LogP contribution >= 0.6 is 0 Å². The van der Waals surface area contributed by atoms with Gasteiger partial charge in [-0.1, -0.05) is 13.8 Å². The second-order valence-electron chi connectivity index (χ2n) is 6.66. The molecule has 2 heteroatoms. The van der Waals surface area contributed by atoms with Gasteiger partial charge in [-0.25, -0.2) is 0 Å². The number of nitrogens with zero attached hydrogens (tertiary/aromatic N) is 1. The summed E-state index contributed by atoms with van der Waals surface area (Å²) in [5.74, 6) is 1.68. The third kappa shape index (κ3) is 2.58. The first-order chi connectivity index (χ1) is 9.13. The Kier molecular flexibility index (Phi) is 3.42. The lowest BCUT2D eigenvalue weighted by atomic mass is 9.95. The van der Waals surface area contributed by atoms with E-state index in [4.69, 9.17) is 0 Å². The van der Waals surface area contributed by atoms with Crippen molar-refractivity contribution in [3.63, 3.8) is 0 Å². The lowest BCUT2D eigenvalue weighted by Gasteiger charge is -2.27. The molecule has 1 aromatic carbocycles. The van der Waals surface area contributed by atoms with E-state index in [1.54, 1.807) is 0 Å². The first-order valence-corrected chi connectivity index (χ1v) is 7.78. The number of fused-ring (bicyclic) bond motifs is 1. The van der Waals surface area contributed by atoms with Crippen LogP contribution in [0.2, 0.25) is 0 Å². The largest absolute Gasteiger partial charge is 0.382 e. The van der Waals surface area contributed by atoms with Crippen molar-refractivity contribution in [1.82, 2.24) is 0 Å². The molecule has 2 heterocycles. The predicted octanol–water partition coefficient (Wildman–Crippen LogP) is 3.92. The van der Waals surface area contributed by atoms with Gasteiger partial charge in [-0.15, -0.1) is 0 Å². The maximum atomic E-state index is 3.59. The van der Waals surface area contributed by atoms with Crippen molar-refractivity contribution in [2.45, 2.75) is 46.1 Å². The van der Waals surface area contributed by atoms with Crippen LogP contribution in [0, 0.1) is 11.8 Å². The number of nitrogens with one attached hydrogen (secondary N) is 1. The number of rotatable bonds is 2. The molecular formula is C17H26N2. The van der Waals surface area contributed by atoms with Gasteiger partial charge in [0.05, 0.1) is 0 Å². The normalized spacial score (nSPS) is 26.4. The second kappa shape index (κ2) is 5.07. The number of aryl methyl sites for hydroxylation is 1. The second-order valence-corrected chi connectivity index (χ2v) is 6.66. The molecule has 1 aromatic rings. The average Bonchev–Trinajstić information content (AvgIpc) is 2.88. The Balaban J connectivity index is 1.76. The van der Waals surface area contributed by atoms with Crippen molar-refractivity contribution < 1.29 is 0 Å². The highest BCUT2D eigenvalue weighted by Gasteiger charge is 2.25. The maximum Gasteiger partial charge on any atom is 0.0376 e. The van der Waals surface area contributed by atoms with Crippen LogP contribution in [-0.4, -0.2) is 19.1 Å². The van der Waals surface area contributed by atoms with Crippen LogP contribution in [0.5, 0.6) is 0 Å². The fourth-order valence-corrected chi connectivity index (χ4v) is 3.40. The van der Waals surface area contributed by atoms with Crippen molar-refractivity contribution >= 4 is 11.4 Å². The smallest absolute Gasteiger partial charge is 0.0376 e. The molecule has 0 radical (unpaired) electrons. The molecule has 2 atom stereocenters. The molecule has 19 heavy (non-hydrogen) atoms. The third-order valence-corrected chi connectivity index (χ3v) is 4.87. The van der Waals surface area contributed by atoms with Crippen LogP contribution in [0.4, 0.5) is 11.4 Å². The summed E-state index contributed by atoms with van der Waals surface area (Å²) in [7, 11) is 0. The van der Waals surface area contributed by atoms with E-state index in [0.29, 0.717) is 6.04 Å². The van der Waals surface area contributed by atoms with Crippen LogP contribution in [0.1, 0.15) is 39.2 Å². The molecule has 0 aliphatic carbocycles. The zero-order valence-corrected chi connectivity index (χ0v) is 12.4. The lowest BCUT2D eigenvalue weighted by Crippen LogP contribution is -2.24. The summed E-state index contributed by atoms with van der Waals surface area (Å²) in [5, 5.41) is 3.59. The van der Waals surface area contributed by atoms with Crippen LogP contribution < -0.4 is 10.2 Å². The van der Waals surface area contributed by atoms with E-state index in [1.807, 2.05) is 0 Å². The molecule has 1 N–H and O–H groups in total. The summed E-state index contributed by atoms with van der Waals surface area (Å²) < 4.78 is 0. The Morgan fingerprint density at radius 2 is 2.11 bits per heavy atom. The molecule has 2 aliphatic rings. The molecule has 0 spiro atoms. The molecule has 0 amide bonds. The van der Waals surface area contributed by atoms with E-state index in [2.05, 4.69) is 49.2 Å². The minimum absolute atomic E-state index is 0.621. The fraction of sp³-hybridized carbons (Fsp3) is 0.647. The molecular weight excluding hydrogens is 232 g/mol. The van der Waals surface area contributed by atoms with Crippen molar-refractivity contribution in [2.75, 3.05) is 23.3 Å². The molecule has 104 valence electrons. The van der Waals surface area contributed by atoms with Gasteiger partial charge in [0, 0.05) is 30.5 Å². The number of hydrogen-bond donors (Lipinski definition) is 1. The molecule has 2 unspecified atom stereocenters. The van der Waals surface area contributed by atoms with Crippen LogP contribution in [0.15, 0.2) is 18.2 Å². The van der Waals surface area contributed by atoms with Crippen molar-refractivity contribution in [2.24, 2.45) is 11.8 Å². The quantitative estimate of drug-likeness (QED) is 0.865. The van der Waals surface area contributed by atoms with Crippen molar-refractivity contribution in [1.29, 1.82) is 0 Å². The third-order valence-electron chi connectivity index (χ3n) is 4.87. The van der Waals surface area contributed by atoms with E-state index in [1.165, 1.54) is 49.3 Å². The topological polar surface area (TPSA) is 15.3 Å². The zero-order valence-electron chi connectivity index (χ0n) is 12.4. The van der Waals surface area contributed by atoms with Gasteiger partial charge in [-0.2, -0.15) is 0 Å². The van der Waals surface area contributed by atoms with Crippen molar-refractivity contribution in [3.05, 3.63) is 23.8 Å². The zero-order chi connectivity index (χ0) is 13.4. The number of anilines is 2. The molecule has 2 nitrogen and oxygen atoms in total. The van der Waals surface area contributed by atoms with Gasteiger partial charge in [0.15, 0.2) is 0 Å². The highest BCUT2D eigenvalue weighted by atomic mass is 15.2. The summed E-state index contributed by atoms with van der Waals surface area (Å²) in [5.41, 5.74) is 4.28. The summed E-state index contributed by atoms with van der Waals surface area (Å²) in [6, 6.07) is 7.61. The SMILES string of the molecule is CC1CCc2cc(N3CCC(C(C)C)C3)ccc2N1. The van der Waals surface area contributed by atoms with E-state index in [0.717, 1.165) is 11.8 Å². The van der Waals surface area contributed by atoms with Crippen LogP contribution in [0.3, 0.4) is 0 Å². The van der Waals surface area contributed by atoms with Gasteiger partial charge >= 0.3 is 0 Å². The Labute approximate surface area is 117 Å². The van der Waals surface area contributed by atoms with Gasteiger partial charge in [0.25, 0.3) is 0 Å². The van der Waals surface area contributed by atoms with Crippen molar-refractivity contribution in [3.8, 4) is 0 Å². The fourth-order valence-electron chi connectivity index (χ4n) is 3.40. The van der Waals surface area contributed by atoms with Crippen LogP contribution in [-0.2, 0) is 6.42 Å². The minimum Gasteiger partial charge on any atom is -0.382 e. The monoisotopic (exact) mass is 258 g/mol. The Bertz CT molecular complexity index is 453. The first-order valence-electron chi connectivity index (χ1n) is 7.78. The molecule has 0 aromatic heterocycles. The van der Waals surface area contributed by atoms with Crippen LogP contribution in [0.25, 0.3) is 0 Å². The molecule has 1 saturated heterocycles. The van der Waals surface area contributed by atoms with Gasteiger partial charge < -0.3 is 10.2 Å². The van der Waals surface area contributed by atoms with Gasteiger partial charge in [0.1, 0.15) is 0 Å². The summed E-state index contributed by atoms with van der Waals surface area (Å²) in [4.78, 5) is 2.57. The average molecular weight is 258 g/mol. The van der Waals surface area contributed by atoms with E-state index >= 15 is 0 Å². The molecule has 2 aliphatic heterocycles. The van der Waals surface area contributed by atoms with E-state index < -0.39 is 0 Å². The van der Waals surface area contributed by atoms with Gasteiger partial charge in [-0.3, -0.25) is 0 Å². The summed E-state index contributed by atoms with van der Waals surface area (Å²) in [6.45, 7) is 9.44. The number of hydrogen-bond acceptors (Lipinski definition) is 2. The molecule has 0 saturated carbocycles.